The van der Waals surface area contributed by atoms with Crippen molar-refractivity contribution in [2.45, 2.75) is 50.2 Å². The van der Waals surface area contributed by atoms with Gasteiger partial charge in [-0.2, -0.15) is 0 Å². The number of hydrogen-bond acceptors (Lipinski definition) is 3. The Kier molecular flexibility index (Phi) is 3.50. The molecule has 0 spiro atoms. The zero-order valence-corrected chi connectivity index (χ0v) is 11.6. The van der Waals surface area contributed by atoms with Crippen LogP contribution in [0.3, 0.4) is 0 Å². The molecule has 3 heteroatoms. The minimum Gasteiger partial charge on any atom is -0.490 e. The fourth-order valence-electron chi connectivity index (χ4n) is 3.06. The van der Waals surface area contributed by atoms with Gasteiger partial charge in [0.25, 0.3) is 0 Å². The summed E-state index contributed by atoms with van der Waals surface area (Å²) in [7, 11) is 0. The monoisotopic (exact) mass is 261 g/mol. The molecule has 1 saturated carbocycles. The molecule has 19 heavy (non-hydrogen) atoms. The zero-order valence-electron chi connectivity index (χ0n) is 11.6. The highest BCUT2D eigenvalue weighted by Gasteiger charge is 2.49. The molecule has 1 aliphatic heterocycles. The summed E-state index contributed by atoms with van der Waals surface area (Å²) in [5.41, 5.74) is 7.65. The largest absolute Gasteiger partial charge is 0.490 e. The first kappa shape index (κ1) is 12.9. The van der Waals surface area contributed by atoms with Gasteiger partial charge >= 0.3 is 0 Å². The molecular formula is C16H23NO2. The molecule has 2 aliphatic rings. The first-order valence-electron chi connectivity index (χ1n) is 7.32. The Morgan fingerprint density at radius 3 is 2.58 bits per heavy atom. The summed E-state index contributed by atoms with van der Waals surface area (Å²) in [5.74, 6) is 1.03. The fraction of sp³-hybridized carbons (Fsp3) is 0.625. The van der Waals surface area contributed by atoms with E-state index in [2.05, 4.69) is 31.2 Å². The van der Waals surface area contributed by atoms with E-state index in [1.165, 1.54) is 18.4 Å². The quantitative estimate of drug-likeness (QED) is 0.906. The van der Waals surface area contributed by atoms with Crippen LogP contribution in [0.25, 0.3) is 0 Å². The summed E-state index contributed by atoms with van der Waals surface area (Å²) >= 11 is 0. The summed E-state index contributed by atoms with van der Waals surface area (Å²) in [6.45, 7) is 3.73. The van der Waals surface area contributed by atoms with Crippen molar-refractivity contribution in [3.8, 4) is 5.75 Å². The highest BCUT2D eigenvalue weighted by molar-refractivity contribution is 5.44. The molecule has 2 fully saturated rings. The van der Waals surface area contributed by atoms with Crippen molar-refractivity contribution >= 4 is 0 Å². The van der Waals surface area contributed by atoms with E-state index in [0.29, 0.717) is 6.10 Å². The molecule has 0 amide bonds. The molecule has 1 aromatic carbocycles. The fourth-order valence-corrected chi connectivity index (χ4v) is 3.06. The molecule has 0 bridgehead atoms. The molecule has 1 atom stereocenters. The van der Waals surface area contributed by atoms with Crippen molar-refractivity contribution < 1.29 is 9.47 Å². The number of para-hydroxylation sites is 1. The van der Waals surface area contributed by atoms with Gasteiger partial charge in [-0.15, -0.1) is 0 Å². The average molecular weight is 261 g/mol. The normalized spacial score (nSPS) is 23.9. The van der Waals surface area contributed by atoms with Crippen LogP contribution in [-0.4, -0.2) is 25.4 Å². The molecule has 0 aromatic heterocycles. The molecular weight excluding hydrogens is 238 g/mol. The lowest BCUT2D eigenvalue weighted by Gasteiger charge is -2.28. The van der Waals surface area contributed by atoms with Gasteiger partial charge in [-0.05, 0) is 25.8 Å². The van der Waals surface area contributed by atoms with Crippen LogP contribution in [0.2, 0.25) is 0 Å². The van der Waals surface area contributed by atoms with Crippen molar-refractivity contribution in [3.05, 3.63) is 29.8 Å². The summed E-state index contributed by atoms with van der Waals surface area (Å²) in [6, 6.07) is 8.61. The van der Waals surface area contributed by atoms with Crippen molar-refractivity contribution in [3.63, 3.8) is 0 Å². The SMILES string of the molecule is CC(N)C1(c2ccccc2OC2CCOCC2)CC1. The number of rotatable bonds is 4. The molecule has 2 N–H and O–H groups in total. The van der Waals surface area contributed by atoms with Crippen molar-refractivity contribution in [2.24, 2.45) is 5.73 Å². The highest BCUT2D eigenvalue weighted by Crippen LogP contribution is 2.53. The summed E-state index contributed by atoms with van der Waals surface area (Å²) in [4.78, 5) is 0. The molecule has 104 valence electrons. The molecule has 3 nitrogen and oxygen atoms in total. The van der Waals surface area contributed by atoms with E-state index in [1.807, 2.05) is 0 Å². The van der Waals surface area contributed by atoms with Crippen LogP contribution < -0.4 is 10.5 Å². The number of benzene rings is 1. The van der Waals surface area contributed by atoms with Gasteiger partial charge in [0.05, 0.1) is 13.2 Å². The summed E-state index contributed by atoms with van der Waals surface area (Å²) in [6.07, 6.45) is 4.62. The minimum absolute atomic E-state index is 0.155. The maximum Gasteiger partial charge on any atom is 0.123 e. The van der Waals surface area contributed by atoms with Crippen molar-refractivity contribution in [2.75, 3.05) is 13.2 Å². The third kappa shape index (κ3) is 2.49. The molecule has 1 aliphatic carbocycles. The Hall–Kier alpha value is -1.06. The highest BCUT2D eigenvalue weighted by atomic mass is 16.5. The van der Waals surface area contributed by atoms with E-state index < -0.39 is 0 Å². The van der Waals surface area contributed by atoms with E-state index >= 15 is 0 Å². The van der Waals surface area contributed by atoms with Crippen LogP contribution in [0.4, 0.5) is 0 Å². The minimum atomic E-state index is 0.155. The summed E-state index contributed by atoms with van der Waals surface area (Å²) < 4.78 is 11.6. The van der Waals surface area contributed by atoms with Crippen LogP contribution in [-0.2, 0) is 10.2 Å². The van der Waals surface area contributed by atoms with Gasteiger partial charge in [0.2, 0.25) is 0 Å². The Bertz CT molecular complexity index is 434. The van der Waals surface area contributed by atoms with Gasteiger partial charge in [0, 0.05) is 29.9 Å². The first-order chi connectivity index (χ1) is 9.22. The van der Waals surface area contributed by atoms with Gasteiger partial charge in [0.15, 0.2) is 0 Å². The average Bonchev–Trinajstić information content (AvgIpc) is 3.22. The Labute approximate surface area is 115 Å². The van der Waals surface area contributed by atoms with E-state index in [1.54, 1.807) is 0 Å². The zero-order chi connectivity index (χ0) is 13.3. The molecule has 3 rings (SSSR count). The lowest BCUT2D eigenvalue weighted by Crippen LogP contribution is -2.33. The second-order valence-electron chi connectivity index (χ2n) is 5.87. The molecule has 1 aromatic rings. The van der Waals surface area contributed by atoms with Crippen LogP contribution in [0.15, 0.2) is 24.3 Å². The standard InChI is InChI=1S/C16H23NO2/c1-12(17)16(8-9-16)14-4-2-3-5-15(14)19-13-6-10-18-11-7-13/h2-5,12-13H,6-11,17H2,1H3. The topological polar surface area (TPSA) is 44.5 Å². The molecule has 1 unspecified atom stereocenters. The van der Waals surface area contributed by atoms with E-state index in [4.69, 9.17) is 15.2 Å². The maximum absolute atomic E-state index is 6.23. The Morgan fingerprint density at radius 1 is 1.26 bits per heavy atom. The number of nitrogens with two attached hydrogens (primary N) is 1. The van der Waals surface area contributed by atoms with E-state index in [-0.39, 0.29) is 11.5 Å². The van der Waals surface area contributed by atoms with E-state index in [0.717, 1.165) is 31.8 Å². The third-order valence-electron chi connectivity index (χ3n) is 4.55. The lowest BCUT2D eigenvalue weighted by atomic mass is 9.89. The number of hydrogen-bond donors (Lipinski definition) is 1. The predicted octanol–water partition coefficient (Wildman–Crippen LogP) is 2.62. The predicted molar refractivity (Wildman–Crippen MR) is 75.5 cm³/mol. The van der Waals surface area contributed by atoms with Crippen LogP contribution in [0.1, 0.15) is 38.2 Å². The maximum atomic E-state index is 6.23. The Balaban J connectivity index is 1.81. The van der Waals surface area contributed by atoms with E-state index in [9.17, 15) is 0 Å². The second kappa shape index (κ2) is 5.14. The molecule has 1 saturated heterocycles. The Morgan fingerprint density at radius 2 is 1.95 bits per heavy atom. The molecule has 1 heterocycles. The first-order valence-corrected chi connectivity index (χ1v) is 7.32. The van der Waals surface area contributed by atoms with Crippen molar-refractivity contribution in [1.82, 2.24) is 0 Å². The second-order valence-corrected chi connectivity index (χ2v) is 5.87. The van der Waals surface area contributed by atoms with Gasteiger partial charge in [0.1, 0.15) is 11.9 Å². The van der Waals surface area contributed by atoms with Gasteiger partial charge in [-0.25, -0.2) is 0 Å². The smallest absolute Gasteiger partial charge is 0.123 e. The van der Waals surface area contributed by atoms with Gasteiger partial charge in [-0.1, -0.05) is 18.2 Å². The lowest BCUT2D eigenvalue weighted by molar-refractivity contribution is 0.0249. The number of ether oxygens (including phenoxy) is 2. The molecule has 0 radical (unpaired) electrons. The van der Waals surface area contributed by atoms with Gasteiger partial charge in [-0.3, -0.25) is 0 Å². The third-order valence-corrected chi connectivity index (χ3v) is 4.55. The van der Waals surface area contributed by atoms with Crippen molar-refractivity contribution in [1.29, 1.82) is 0 Å². The van der Waals surface area contributed by atoms with Gasteiger partial charge < -0.3 is 15.2 Å². The van der Waals surface area contributed by atoms with Crippen LogP contribution in [0.5, 0.6) is 5.75 Å². The van der Waals surface area contributed by atoms with Crippen LogP contribution in [0, 0.1) is 0 Å². The summed E-state index contributed by atoms with van der Waals surface area (Å²) in [5, 5.41) is 0. The van der Waals surface area contributed by atoms with Crippen LogP contribution >= 0.6 is 0 Å².